The van der Waals surface area contributed by atoms with E-state index in [1.807, 2.05) is 23.1 Å². The van der Waals surface area contributed by atoms with E-state index >= 15 is 0 Å². The van der Waals surface area contributed by atoms with Gasteiger partial charge in [-0.2, -0.15) is 4.31 Å². The summed E-state index contributed by atoms with van der Waals surface area (Å²) in [6.45, 7) is 5.74. The number of methoxy groups -OCH3 is 1. The van der Waals surface area contributed by atoms with Gasteiger partial charge in [-0.1, -0.05) is 12.1 Å². The molecule has 3 aliphatic rings. The van der Waals surface area contributed by atoms with E-state index in [2.05, 4.69) is 4.90 Å². The Balaban J connectivity index is 1.23. The van der Waals surface area contributed by atoms with E-state index in [1.54, 1.807) is 25.1 Å². The summed E-state index contributed by atoms with van der Waals surface area (Å²) in [4.78, 5) is 17.7. The van der Waals surface area contributed by atoms with Gasteiger partial charge in [0.2, 0.25) is 22.7 Å². The Kier molecular flexibility index (Phi) is 6.61. The number of benzene rings is 2. The fraction of sp³-hybridized carbons (Fsp3) is 0.480. The van der Waals surface area contributed by atoms with Gasteiger partial charge >= 0.3 is 0 Å². The first-order chi connectivity index (χ1) is 16.9. The second kappa shape index (κ2) is 9.67. The number of aryl methyl sites for hydroxylation is 1. The third-order valence-electron chi connectivity index (χ3n) is 7.00. The van der Waals surface area contributed by atoms with Crippen LogP contribution in [0.15, 0.2) is 41.3 Å². The average Bonchev–Trinajstić information content (AvgIpc) is 3.54. The van der Waals surface area contributed by atoms with Crippen molar-refractivity contribution >= 4 is 15.9 Å². The van der Waals surface area contributed by atoms with Crippen LogP contribution in [0.5, 0.6) is 17.2 Å². The van der Waals surface area contributed by atoms with Crippen molar-refractivity contribution < 1.29 is 27.4 Å². The topological polar surface area (TPSA) is 88.6 Å². The van der Waals surface area contributed by atoms with E-state index in [-0.39, 0.29) is 17.6 Å². The number of carbonyl (C=O) groups is 1. The lowest BCUT2D eigenvalue weighted by atomic mass is 10.1. The molecule has 0 aromatic heterocycles. The fourth-order valence-electron chi connectivity index (χ4n) is 5.02. The first-order valence-corrected chi connectivity index (χ1v) is 13.4. The zero-order chi connectivity index (χ0) is 24.6. The smallest absolute Gasteiger partial charge is 0.244 e. The lowest BCUT2D eigenvalue weighted by Crippen LogP contribution is -2.54. The van der Waals surface area contributed by atoms with Gasteiger partial charge in [0.05, 0.1) is 12.0 Å². The van der Waals surface area contributed by atoms with Crippen molar-refractivity contribution in [3.05, 3.63) is 47.5 Å². The molecule has 3 heterocycles. The largest absolute Gasteiger partial charge is 0.497 e. The predicted octanol–water partition coefficient (Wildman–Crippen LogP) is 2.23. The summed E-state index contributed by atoms with van der Waals surface area (Å²) >= 11 is 0. The third kappa shape index (κ3) is 4.70. The highest BCUT2D eigenvalue weighted by molar-refractivity contribution is 7.89. The first-order valence-electron chi connectivity index (χ1n) is 11.9. The summed E-state index contributed by atoms with van der Waals surface area (Å²) in [5.41, 5.74) is 1.77. The van der Waals surface area contributed by atoms with E-state index in [9.17, 15) is 13.2 Å². The molecule has 3 aliphatic heterocycles. The molecular weight excluding hydrogens is 470 g/mol. The summed E-state index contributed by atoms with van der Waals surface area (Å²) in [6.07, 6.45) is 1.21. The van der Waals surface area contributed by atoms with Crippen LogP contribution in [0.25, 0.3) is 0 Å². The number of nitrogens with zero attached hydrogens (tertiary/aromatic N) is 3. The molecule has 9 nitrogen and oxygen atoms in total. The van der Waals surface area contributed by atoms with Crippen LogP contribution in [0.4, 0.5) is 0 Å². The highest BCUT2D eigenvalue weighted by atomic mass is 32.2. The molecule has 1 atom stereocenters. The minimum absolute atomic E-state index is 0.102. The van der Waals surface area contributed by atoms with Crippen molar-refractivity contribution in [2.24, 2.45) is 0 Å². The van der Waals surface area contributed by atoms with Crippen LogP contribution in [-0.2, 0) is 21.4 Å². The summed E-state index contributed by atoms with van der Waals surface area (Å²) in [7, 11) is -2.31. The monoisotopic (exact) mass is 501 g/mol. The van der Waals surface area contributed by atoms with Gasteiger partial charge in [-0.15, -0.1) is 0 Å². The molecule has 1 amide bonds. The van der Waals surface area contributed by atoms with Crippen LogP contribution in [0, 0.1) is 6.92 Å². The van der Waals surface area contributed by atoms with Gasteiger partial charge in [-0.05, 0) is 49.1 Å². The lowest BCUT2D eigenvalue weighted by molar-refractivity contribution is -0.136. The molecule has 2 fully saturated rings. The fourth-order valence-corrected chi connectivity index (χ4v) is 6.91. The number of carbonyl (C=O) groups excluding carboxylic acids is 1. The minimum atomic E-state index is -3.82. The van der Waals surface area contributed by atoms with Crippen LogP contribution < -0.4 is 14.2 Å². The normalized spacial score (nSPS) is 20.9. The Morgan fingerprint density at radius 1 is 1.03 bits per heavy atom. The molecule has 0 radical (unpaired) electrons. The minimum Gasteiger partial charge on any atom is -0.497 e. The maximum Gasteiger partial charge on any atom is 0.244 e. The number of sulfonamides is 1. The van der Waals surface area contributed by atoms with Crippen molar-refractivity contribution in [3.8, 4) is 17.2 Å². The number of fused-ring (bicyclic) bond motifs is 1. The van der Waals surface area contributed by atoms with Crippen LogP contribution >= 0.6 is 0 Å². The standard InChI is InChI=1S/C25H31N3O6S/c1-18-5-7-20(32-2)15-24(18)35(30,31)28-9-3-4-21(28)25(29)27-12-10-26(11-13-27)16-19-6-8-22-23(14-19)34-17-33-22/h5-8,14-15,21H,3-4,9-13,16-17H2,1-2H3. The Morgan fingerprint density at radius 2 is 1.80 bits per heavy atom. The number of amides is 1. The second-order valence-electron chi connectivity index (χ2n) is 9.19. The average molecular weight is 502 g/mol. The van der Waals surface area contributed by atoms with E-state index in [4.69, 9.17) is 14.2 Å². The van der Waals surface area contributed by atoms with E-state index in [0.717, 1.165) is 36.7 Å². The molecule has 0 spiro atoms. The summed E-state index contributed by atoms with van der Waals surface area (Å²) in [6, 6.07) is 10.3. The third-order valence-corrected chi connectivity index (χ3v) is 9.05. The predicted molar refractivity (Wildman–Crippen MR) is 129 cm³/mol. The Bertz CT molecular complexity index is 1210. The molecule has 35 heavy (non-hydrogen) atoms. The van der Waals surface area contributed by atoms with Gasteiger partial charge < -0.3 is 19.1 Å². The molecule has 0 aliphatic carbocycles. The van der Waals surface area contributed by atoms with Crippen molar-refractivity contribution in [2.75, 3.05) is 46.6 Å². The molecule has 0 N–H and O–H groups in total. The molecule has 1 unspecified atom stereocenters. The zero-order valence-electron chi connectivity index (χ0n) is 20.1. The van der Waals surface area contributed by atoms with Gasteiger partial charge in [-0.3, -0.25) is 9.69 Å². The number of hydrogen-bond acceptors (Lipinski definition) is 7. The SMILES string of the molecule is COc1ccc(C)c(S(=O)(=O)N2CCCC2C(=O)N2CCN(Cc3ccc4c(c3)OCO4)CC2)c1. The number of rotatable bonds is 6. The van der Waals surface area contributed by atoms with Crippen molar-refractivity contribution in [1.29, 1.82) is 0 Å². The van der Waals surface area contributed by atoms with Gasteiger partial charge in [0, 0.05) is 45.3 Å². The van der Waals surface area contributed by atoms with Crippen LogP contribution in [0.3, 0.4) is 0 Å². The molecule has 188 valence electrons. The van der Waals surface area contributed by atoms with Crippen LogP contribution in [-0.4, -0.2) is 81.1 Å². The maximum atomic E-state index is 13.5. The Hall–Kier alpha value is -2.82. The molecular formula is C25H31N3O6S. The van der Waals surface area contributed by atoms with Gasteiger partial charge in [-0.25, -0.2) is 8.42 Å². The van der Waals surface area contributed by atoms with Gasteiger partial charge in [0.25, 0.3) is 0 Å². The number of piperazine rings is 1. The molecule has 2 saturated heterocycles. The Labute approximate surface area is 206 Å². The van der Waals surface area contributed by atoms with Gasteiger partial charge in [0.1, 0.15) is 11.8 Å². The lowest BCUT2D eigenvalue weighted by Gasteiger charge is -2.37. The van der Waals surface area contributed by atoms with Crippen molar-refractivity contribution in [2.45, 2.75) is 37.2 Å². The first kappa shape index (κ1) is 23.9. The van der Waals surface area contributed by atoms with E-state index in [0.29, 0.717) is 43.8 Å². The van der Waals surface area contributed by atoms with Crippen LogP contribution in [0.1, 0.15) is 24.0 Å². The molecule has 2 aromatic rings. The number of ether oxygens (including phenoxy) is 3. The molecule has 0 saturated carbocycles. The van der Waals surface area contributed by atoms with Crippen LogP contribution in [0.2, 0.25) is 0 Å². The van der Waals surface area contributed by atoms with E-state index < -0.39 is 16.1 Å². The summed E-state index contributed by atoms with van der Waals surface area (Å²) in [5, 5.41) is 0. The quantitative estimate of drug-likeness (QED) is 0.600. The molecule has 0 bridgehead atoms. The summed E-state index contributed by atoms with van der Waals surface area (Å²) < 4.78 is 44.5. The zero-order valence-corrected chi connectivity index (χ0v) is 20.9. The maximum absolute atomic E-state index is 13.5. The van der Waals surface area contributed by atoms with Crippen molar-refractivity contribution in [1.82, 2.24) is 14.1 Å². The molecule has 10 heteroatoms. The van der Waals surface area contributed by atoms with E-state index in [1.165, 1.54) is 11.4 Å². The molecule has 2 aromatic carbocycles. The molecule has 5 rings (SSSR count). The Morgan fingerprint density at radius 3 is 2.57 bits per heavy atom. The number of hydrogen-bond donors (Lipinski definition) is 0. The highest BCUT2D eigenvalue weighted by Gasteiger charge is 2.42. The second-order valence-corrected chi connectivity index (χ2v) is 11.1. The van der Waals surface area contributed by atoms with Crippen molar-refractivity contribution in [3.63, 3.8) is 0 Å². The highest BCUT2D eigenvalue weighted by Crippen LogP contribution is 2.33. The summed E-state index contributed by atoms with van der Waals surface area (Å²) in [5.74, 6) is 1.92. The van der Waals surface area contributed by atoms with Gasteiger partial charge in [0.15, 0.2) is 11.5 Å².